The van der Waals surface area contributed by atoms with Crippen LogP contribution in [0.5, 0.6) is 11.5 Å². The van der Waals surface area contributed by atoms with Crippen molar-refractivity contribution in [1.82, 2.24) is 0 Å². The molecule has 136 valence electrons. The van der Waals surface area contributed by atoms with Gasteiger partial charge in [0.25, 0.3) is 5.91 Å². The second kappa shape index (κ2) is 7.76. The fourth-order valence-electron chi connectivity index (χ4n) is 3.08. The number of hydrogen-bond acceptors (Lipinski definition) is 4. The fraction of sp³-hybridized carbons (Fsp3) is 0.136. The number of rotatable bonds is 4. The monoisotopic (exact) mass is 377 g/mol. The molecule has 27 heavy (non-hydrogen) atoms. The Morgan fingerprint density at radius 1 is 0.926 bits per heavy atom. The molecule has 4 rings (SSSR count). The van der Waals surface area contributed by atoms with Gasteiger partial charge < -0.3 is 14.8 Å². The van der Waals surface area contributed by atoms with Crippen LogP contribution in [0.1, 0.15) is 10.4 Å². The Labute approximate surface area is 162 Å². The number of carbonyl (C=O) groups is 1. The third-order valence-electron chi connectivity index (χ3n) is 4.37. The van der Waals surface area contributed by atoms with E-state index < -0.39 is 0 Å². The van der Waals surface area contributed by atoms with Crippen molar-refractivity contribution in [2.24, 2.45) is 0 Å². The fourth-order valence-corrected chi connectivity index (χ4v) is 3.63. The smallest absolute Gasteiger partial charge is 0.256 e. The number of anilines is 1. The van der Waals surface area contributed by atoms with Crippen molar-refractivity contribution >= 4 is 23.4 Å². The van der Waals surface area contributed by atoms with Gasteiger partial charge in [-0.1, -0.05) is 48.5 Å². The third kappa shape index (κ3) is 3.64. The average Bonchev–Trinajstić information content (AvgIpc) is 2.74. The molecule has 4 nitrogen and oxygen atoms in total. The van der Waals surface area contributed by atoms with Gasteiger partial charge in [-0.05, 0) is 29.5 Å². The number of fused-ring (bicyclic) bond motifs is 1. The Balaban J connectivity index is 1.68. The van der Waals surface area contributed by atoms with Gasteiger partial charge in [-0.25, -0.2) is 0 Å². The van der Waals surface area contributed by atoms with Crippen LogP contribution in [0.15, 0.2) is 71.6 Å². The van der Waals surface area contributed by atoms with Gasteiger partial charge in [-0.15, -0.1) is 11.8 Å². The highest BCUT2D eigenvalue weighted by atomic mass is 32.2. The summed E-state index contributed by atoms with van der Waals surface area (Å²) in [5.74, 6) is 1.22. The van der Waals surface area contributed by atoms with Gasteiger partial charge in [0, 0.05) is 16.5 Å². The van der Waals surface area contributed by atoms with Crippen molar-refractivity contribution in [2.45, 2.75) is 4.90 Å². The van der Waals surface area contributed by atoms with Crippen molar-refractivity contribution in [1.29, 1.82) is 0 Å². The lowest BCUT2D eigenvalue weighted by atomic mass is 9.99. The summed E-state index contributed by atoms with van der Waals surface area (Å²) in [6.07, 6.45) is 1.97. The molecule has 0 bridgehead atoms. The van der Waals surface area contributed by atoms with Gasteiger partial charge in [0.2, 0.25) is 0 Å². The zero-order valence-corrected chi connectivity index (χ0v) is 15.7. The van der Waals surface area contributed by atoms with Gasteiger partial charge in [0.15, 0.2) is 11.5 Å². The van der Waals surface area contributed by atoms with Crippen LogP contribution in [0, 0.1) is 0 Å². The van der Waals surface area contributed by atoms with Crippen LogP contribution < -0.4 is 14.8 Å². The van der Waals surface area contributed by atoms with Crippen LogP contribution in [0.2, 0.25) is 0 Å². The van der Waals surface area contributed by atoms with Gasteiger partial charge in [0.05, 0.1) is 5.69 Å². The van der Waals surface area contributed by atoms with Crippen LogP contribution in [0.25, 0.3) is 11.1 Å². The summed E-state index contributed by atoms with van der Waals surface area (Å²) in [6, 6.07) is 21.3. The molecule has 1 aliphatic rings. The first-order chi connectivity index (χ1) is 13.3. The summed E-state index contributed by atoms with van der Waals surface area (Å²) in [7, 11) is 0. The molecule has 0 unspecified atom stereocenters. The average molecular weight is 377 g/mol. The summed E-state index contributed by atoms with van der Waals surface area (Å²) in [6.45, 7) is 1.05. The lowest BCUT2D eigenvalue weighted by Crippen LogP contribution is -2.17. The minimum atomic E-state index is -0.151. The van der Waals surface area contributed by atoms with Crippen LogP contribution in [-0.2, 0) is 0 Å². The Hall–Kier alpha value is -2.92. The SMILES string of the molecule is CSc1cc2c(cc1NC(=O)c1ccccc1-c1ccccc1)OCCO2. The number of ether oxygens (including phenoxy) is 2. The minimum absolute atomic E-state index is 0.151. The Kier molecular flexibility index (Phi) is 5.03. The molecular formula is C22H19NO3S. The number of nitrogens with one attached hydrogen (secondary N) is 1. The standard InChI is InChI=1S/C22H19NO3S/c1-27-21-14-20-19(25-11-12-26-20)13-18(21)23-22(24)17-10-6-5-9-16(17)15-7-3-2-4-8-15/h2-10,13-14H,11-12H2,1H3,(H,23,24). The predicted octanol–water partition coefficient (Wildman–Crippen LogP) is 5.10. The molecule has 3 aromatic carbocycles. The summed E-state index contributed by atoms with van der Waals surface area (Å²) in [5.41, 5.74) is 3.26. The third-order valence-corrected chi connectivity index (χ3v) is 5.15. The van der Waals surface area contributed by atoms with Crippen molar-refractivity contribution in [3.05, 3.63) is 72.3 Å². The molecular weight excluding hydrogens is 358 g/mol. The zero-order chi connectivity index (χ0) is 18.6. The molecule has 0 saturated carbocycles. The van der Waals surface area contributed by atoms with E-state index in [1.54, 1.807) is 11.8 Å². The van der Waals surface area contributed by atoms with E-state index in [0.29, 0.717) is 30.3 Å². The summed E-state index contributed by atoms with van der Waals surface area (Å²) < 4.78 is 11.3. The van der Waals surface area contributed by atoms with Gasteiger partial charge in [-0.2, -0.15) is 0 Å². The molecule has 1 heterocycles. The molecule has 3 aromatic rings. The lowest BCUT2D eigenvalue weighted by molar-refractivity contribution is 0.102. The Morgan fingerprint density at radius 3 is 2.33 bits per heavy atom. The molecule has 0 radical (unpaired) electrons. The van der Waals surface area contributed by atoms with Crippen LogP contribution in [-0.4, -0.2) is 25.4 Å². The molecule has 0 atom stereocenters. The van der Waals surface area contributed by atoms with Crippen LogP contribution in [0.3, 0.4) is 0 Å². The summed E-state index contributed by atoms with van der Waals surface area (Å²) in [4.78, 5) is 14.0. The van der Waals surface area contributed by atoms with E-state index in [1.165, 1.54) is 0 Å². The minimum Gasteiger partial charge on any atom is -0.486 e. The van der Waals surface area contributed by atoms with Crippen LogP contribution in [0.4, 0.5) is 5.69 Å². The van der Waals surface area contributed by atoms with E-state index in [0.717, 1.165) is 21.7 Å². The van der Waals surface area contributed by atoms with E-state index in [9.17, 15) is 4.79 Å². The van der Waals surface area contributed by atoms with Crippen molar-refractivity contribution < 1.29 is 14.3 Å². The molecule has 0 aromatic heterocycles. The first-order valence-electron chi connectivity index (χ1n) is 8.69. The number of carbonyl (C=O) groups excluding carboxylic acids is 1. The largest absolute Gasteiger partial charge is 0.486 e. The summed E-state index contributed by atoms with van der Waals surface area (Å²) >= 11 is 1.56. The molecule has 0 aliphatic carbocycles. The normalized spacial score (nSPS) is 12.5. The molecule has 0 spiro atoms. The highest BCUT2D eigenvalue weighted by molar-refractivity contribution is 7.98. The quantitative estimate of drug-likeness (QED) is 0.643. The topological polar surface area (TPSA) is 47.6 Å². The first-order valence-corrected chi connectivity index (χ1v) is 9.92. The van der Waals surface area contributed by atoms with Crippen molar-refractivity contribution in [3.8, 4) is 22.6 Å². The first kappa shape index (κ1) is 17.5. The van der Waals surface area contributed by atoms with E-state index in [1.807, 2.05) is 73.0 Å². The predicted molar refractivity (Wildman–Crippen MR) is 109 cm³/mol. The highest BCUT2D eigenvalue weighted by Gasteiger charge is 2.19. The Bertz CT molecular complexity index is 973. The number of thioether (sulfide) groups is 1. The van der Waals surface area contributed by atoms with Gasteiger partial charge in [0.1, 0.15) is 13.2 Å². The molecule has 1 aliphatic heterocycles. The number of amides is 1. The molecule has 0 saturated heterocycles. The second-order valence-corrected chi connectivity index (χ2v) is 6.91. The van der Waals surface area contributed by atoms with E-state index >= 15 is 0 Å². The zero-order valence-electron chi connectivity index (χ0n) is 14.9. The molecule has 1 N–H and O–H groups in total. The second-order valence-electron chi connectivity index (χ2n) is 6.06. The van der Waals surface area contributed by atoms with Crippen LogP contribution >= 0.6 is 11.8 Å². The maximum absolute atomic E-state index is 13.1. The molecule has 1 amide bonds. The van der Waals surface area contributed by atoms with E-state index in [2.05, 4.69) is 5.32 Å². The van der Waals surface area contributed by atoms with Crippen molar-refractivity contribution in [2.75, 3.05) is 24.8 Å². The number of hydrogen-bond donors (Lipinski definition) is 1. The molecule has 5 heteroatoms. The highest BCUT2D eigenvalue weighted by Crippen LogP contribution is 2.39. The molecule has 0 fully saturated rings. The maximum Gasteiger partial charge on any atom is 0.256 e. The van der Waals surface area contributed by atoms with Gasteiger partial charge in [-0.3, -0.25) is 4.79 Å². The maximum atomic E-state index is 13.1. The van der Waals surface area contributed by atoms with Crippen molar-refractivity contribution in [3.63, 3.8) is 0 Å². The van der Waals surface area contributed by atoms with E-state index in [4.69, 9.17) is 9.47 Å². The Morgan fingerprint density at radius 2 is 1.59 bits per heavy atom. The summed E-state index contributed by atoms with van der Waals surface area (Å²) in [5, 5.41) is 3.04. The van der Waals surface area contributed by atoms with E-state index in [-0.39, 0.29) is 5.91 Å². The number of benzene rings is 3. The lowest BCUT2D eigenvalue weighted by Gasteiger charge is -2.21. The van der Waals surface area contributed by atoms with Gasteiger partial charge >= 0.3 is 0 Å².